The molecule has 2 rings (SSSR count). The number of nitrogens with zero attached hydrogens (tertiary/aromatic N) is 2. The number of benzene rings is 1. The summed E-state index contributed by atoms with van der Waals surface area (Å²) in [5.74, 6) is 0.507. The molecular weight excluding hydrogens is 228 g/mol. The van der Waals surface area contributed by atoms with Gasteiger partial charge in [-0.05, 0) is 12.1 Å². The molecule has 0 saturated carbocycles. The smallest absolute Gasteiger partial charge is 0.330 e. The summed E-state index contributed by atoms with van der Waals surface area (Å²) in [6.07, 6.45) is 0. The van der Waals surface area contributed by atoms with Gasteiger partial charge in [-0.15, -0.1) is 12.4 Å². The number of nitrogens with one attached hydrogen (secondary N) is 2. The van der Waals surface area contributed by atoms with E-state index in [1.807, 2.05) is 30.3 Å². The fraction of sp³-hybridized carbons (Fsp3) is 0.200. The molecule has 2 N–H and O–H groups in total. The monoisotopic (exact) mass is 240 g/mol. The van der Waals surface area contributed by atoms with Crippen LogP contribution >= 0.6 is 12.4 Å². The predicted molar refractivity (Wildman–Crippen MR) is 66.1 cm³/mol. The van der Waals surface area contributed by atoms with Gasteiger partial charge in [-0.1, -0.05) is 18.2 Å². The van der Waals surface area contributed by atoms with Crippen molar-refractivity contribution in [1.29, 1.82) is 0 Å². The van der Waals surface area contributed by atoms with E-state index in [0.29, 0.717) is 12.6 Å². The van der Waals surface area contributed by atoms with Crippen molar-refractivity contribution >= 4 is 30.1 Å². The molecule has 1 aliphatic heterocycles. The van der Waals surface area contributed by atoms with Gasteiger partial charge >= 0.3 is 6.03 Å². The first-order valence-electron chi connectivity index (χ1n) is 4.65. The molecule has 1 aliphatic rings. The lowest BCUT2D eigenvalue weighted by molar-refractivity contribution is 0.248. The number of hydrogen-bond acceptors (Lipinski definition) is 2. The zero-order valence-electron chi connectivity index (χ0n) is 8.80. The Morgan fingerprint density at radius 1 is 1.31 bits per heavy atom. The van der Waals surface area contributed by atoms with Crippen molar-refractivity contribution in [1.82, 2.24) is 10.6 Å². The lowest BCUT2D eigenvalue weighted by Crippen LogP contribution is -2.58. The van der Waals surface area contributed by atoms with Crippen LogP contribution in [0.3, 0.4) is 0 Å². The summed E-state index contributed by atoms with van der Waals surface area (Å²) >= 11 is 0. The van der Waals surface area contributed by atoms with Crippen LogP contribution in [0.15, 0.2) is 35.3 Å². The van der Waals surface area contributed by atoms with Crippen molar-refractivity contribution in [2.45, 2.75) is 0 Å². The van der Waals surface area contributed by atoms with Gasteiger partial charge in [0.05, 0.1) is 6.67 Å². The molecule has 0 bridgehead atoms. The average molecular weight is 241 g/mol. The van der Waals surface area contributed by atoms with Crippen LogP contribution in [-0.2, 0) is 0 Å². The Bertz CT molecular complexity index is 393. The second-order valence-electron chi connectivity index (χ2n) is 3.10. The van der Waals surface area contributed by atoms with E-state index >= 15 is 0 Å². The Hall–Kier alpha value is -1.75. The molecule has 0 aliphatic carbocycles. The molecule has 0 atom stereocenters. The van der Waals surface area contributed by atoms with Gasteiger partial charge in [-0.3, -0.25) is 15.2 Å². The van der Waals surface area contributed by atoms with E-state index in [1.54, 1.807) is 11.9 Å². The Balaban J connectivity index is 0.00000128. The SMILES string of the molecule is CN=C1NCN(c2ccccc2)C(=O)N1.Cl. The van der Waals surface area contributed by atoms with Crippen molar-refractivity contribution in [2.24, 2.45) is 4.99 Å². The molecule has 5 nitrogen and oxygen atoms in total. The molecule has 0 unspecified atom stereocenters. The fourth-order valence-corrected chi connectivity index (χ4v) is 1.39. The third-order valence-electron chi connectivity index (χ3n) is 2.17. The number of halogens is 1. The van der Waals surface area contributed by atoms with Gasteiger partial charge in [0.2, 0.25) is 5.96 Å². The van der Waals surface area contributed by atoms with Crippen LogP contribution in [0.2, 0.25) is 0 Å². The van der Waals surface area contributed by atoms with Crippen molar-refractivity contribution in [3.05, 3.63) is 30.3 Å². The van der Waals surface area contributed by atoms with Gasteiger partial charge in [-0.2, -0.15) is 0 Å². The molecule has 0 radical (unpaired) electrons. The van der Waals surface area contributed by atoms with Crippen LogP contribution in [0, 0.1) is 0 Å². The first-order chi connectivity index (χ1) is 7.31. The van der Waals surface area contributed by atoms with E-state index < -0.39 is 0 Å². The van der Waals surface area contributed by atoms with E-state index in [4.69, 9.17) is 0 Å². The number of urea groups is 1. The van der Waals surface area contributed by atoms with E-state index in [9.17, 15) is 4.79 Å². The maximum absolute atomic E-state index is 11.7. The number of anilines is 1. The Morgan fingerprint density at radius 2 is 2.00 bits per heavy atom. The molecule has 2 amide bonds. The maximum atomic E-state index is 11.7. The highest BCUT2D eigenvalue weighted by atomic mass is 35.5. The van der Waals surface area contributed by atoms with Gasteiger partial charge in [-0.25, -0.2) is 4.79 Å². The van der Waals surface area contributed by atoms with E-state index in [0.717, 1.165) is 5.69 Å². The number of amides is 2. The highest BCUT2D eigenvalue weighted by Gasteiger charge is 2.21. The van der Waals surface area contributed by atoms with Crippen LogP contribution in [0.1, 0.15) is 0 Å². The van der Waals surface area contributed by atoms with Crippen molar-refractivity contribution in [3.63, 3.8) is 0 Å². The molecule has 0 aromatic heterocycles. The summed E-state index contributed by atoms with van der Waals surface area (Å²) in [4.78, 5) is 17.1. The quantitative estimate of drug-likeness (QED) is 0.774. The third-order valence-corrected chi connectivity index (χ3v) is 2.17. The van der Waals surface area contributed by atoms with E-state index in [-0.39, 0.29) is 18.4 Å². The predicted octanol–water partition coefficient (Wildman–Crippen LogP) is 1.17. The second kappa shape index (κ2) is 5.37. The van der Waals surface area contributed by atoms with Crippen LogP contribution in [0.4, 0.5) is 10.5 Å². The zero-order valence-corrected chi connectivity index (χ0v) is 9.62. The molecule has 1 aromatic rings. The van der Waals surface area contributed by atoms with E-state index in [2.05, 4.69) is 15.6 Å². The van der Waals surface area contributed by atoms with Crippen molar-refractivity contribution < 1.29 is 4.79 Å². The minimum absolute atomic E-state index is 0. The molecular formula is C10H13ClN4O. The van der Waals surface area contributed by atoms with Gasteiger partial charge in [0.15, 0.2) is 0 Å². The molecule has 1 heterocycles. The van der Waals surface area contributed by atoms with Crippen LogP contribution < -0.4 is 15.5 Å². The number of para-hydroxylation sites is 1. The topological polar surface area (TPSA) is 56.7 Å². The molecule has 86 valence electrons. The van der Waals surface area contributed by atoms with Crippen LogP contribution in [0.25, 0.3) is 0 Å². The molecule has 0 spiro atoms. The first-order valence-corrected chi connectivity index (χ1v) is 4.65. The number of guanidine groups is 1. The Labute approximate surface area is 100.0 Å². The summed E-state index contributed by atoms with van der Waals surface area (Å²) in [5.41, 5.74) is 0.859. The summed E-state index contributed by atoms with van der Waals surface area (Å²) in [7, 11) is 1.63. The number of aliphatic imine (C=N–C) groups is 1. The second-order valence-corrected chi connectivity index (χ2v) is 3.10. The molecule has 16 heavy (non-hydrogen) atoms. The summed E-state index contributed by atoms with van der Waals surface area (Å²) < 4.78 is 0. The lowest BCUT2D eigenvalue weighted by Gasteiger charge is -2.29. The molecule has 1 fully saturated rings. The minimum atomic E-state index is -0.166. The van der Waals surface area contributed by atoms with Crippen molar-refractivity contribution in [3.8, 4) is 0 Å². The number of hydrogen-bond donors (Lipinski definition) is 2. The fourth-order valence-electron chi connectivity index (χ4n) is 1.39. The largest absolute Gasteiger partial charge is 0.338 e. The highest BCUT2D eigenvalue weighted by Crippen LogP contribution is 2.13. The van der Waals surface area contributed by atoms with Crippen LogP contribution in [0.5, 0.6) is 0 Å². The molecule has 1 saturated heterocycles. The Kier molecular flexibility index (Phi) is 4.13. The summed E-state index contributed by atoms with van der Waals surface area (Å²) in [6, 6.07) is 9.31. The zero-order chi connectivity index (χ0) is 10.7. The van der Waals surface area contributed by atoms with Gasteiger partial charge in [0.25, 0.3) is 0 Å². The van der Waals surface area contributed by atoms with Crippen LogP contribution in [-0.4, -0.2) is 25.7 Å². The van der Waals surface area contributed by atoms with Gasteiger partial charge in [0, 0.05) is 12.7 Å². The standard InChI is InChI=1S/C10H12N4O.ClH/c1-11-9-12-7-14(10(15)13-9)8-5-3-2-4-6-8;/h2-6H,7H2,1H3,(H2,11,12,13,15);1H. The Morgan fingerprint density at radius 3 is 2.56 bits per heavy atom. The highest BCUT2D eigenvalue weighted by molar-refractivity contribution is 6.06. The van der Waals surface area contributed by atoms with Gasteiger partial charge in [0.1, 0.15) is 0 Å². The summed E-state index contributed by atoms with van der Waals surface area (Å²) in [6.45, 7) is 0.433. The third kappa shape index (κ3) is 2.43. The molecule has 1 aromatic carbocycles. The van der Waals surface area contributed by atoms with E-state index in [1.165, 1.54) is 0 Å². The normalized spacial score (nSPS) is 17.4. The van der Waals surface area contributed by atoms with Crippen molar-refractivity contribution in [2.75, 3.05) is 18.6 Å². The summed E-state index contributed by atoms with van der Waals surface area (Å²) in [5, 5.41) is 5.63. The van der Waals surface area contributed by atoms with Gasteiger partial charge < -0.3 is 5.32 Å². The minimum Gasteiger partial charge on any atom is -0.338 e. The molecule has 6 heteroatoms. The number of carbonyl (C=O) groups excluding carboxylic acids is 1. The lowest BCUT2D eigenvalue weighted by atomic mass is 10.3. The first kappa shape index (κ1) is 12.3. The maximum Gasteiger partial charge on any atom is 0.330 e. The number of rotatable bonds is 1. The average Bonchev–Trinajstić information content (AvgIpc) is 2.30. The number of carbonyl (C=O) groups is 1.